The molecular formula is C39H50N4O4. The van der Waals surface area contributed by atoms with Gasteiger partial charge >= 0.3 is 6.03 Å². The smallest absolute Gasteiger partial charge is 0.317 e. The fraction of sp³-hybridized carbons (Fsp3) is 0.410. The van der Waals surface area contributed by atoms with Gasteiger partial charge in [-0.3, -0.25) is 9.59 Å². The molecule has 2 N–H and O–H groups in total. The van der Waals surface area contributed by atoms with E-state index in [1.165, 1.54) is 21.6 Å². The molecule has 1 aliphatic rings. The third-order valence-electron chi connectivity index (χ3n) is 8.61. The molecule has 2 unspecified atom stereocenters. The molecule has 47 heavy (non-hydrogen) atoms. The Morgan fingerprint density at radius 1 is 0.915 bits per heavy atom. The Morgan fingerprint density at radius 2 is 1.51 bits per heavy atom. The molecule has 8 heteroatoms. The standard InChI is InChI=1S/C39H50N4O4/c1-7-33(29-16-10-8-11-17-29)35(30-18-12-9-13-19-30)31-20-22-32(23-21-31)47-26-24-40-38(46)42(6)27-34(44)41-36(39(3,4)5)37(45)43-25-14-15-28(43)2/h8-13,16-23,28,36H,7,14-15,24-27H2,1-6H3,(H,40,46)(H,41,44)/b35-33-. The summed E-state index contributed by atoms with van der Waals surface area (Å²) in [4.78, 5) is 42.1. The van der Waals surface area contributed by atoms with E-state index in [2.05, 4.69) is 78.2 Å². The van der Waals surface area contributed by atoms with Gasteiger partial charge in [-0.25, -0.2) is 4.79 Å². The van der Waals surface area contributed by atoms with Crippen LogP contribution in [0.2, 0.25) is 0 Å². The maximum atomic E-state index is 13.3. The molecule has 0 aromatic heterocycles. The number of likely N-dealkylation sites (N-methyl/N-ethyl adjacent to an activating group) is 1. The van der Waals surface area contributed by atoms with Gasteiger partial charge in [0.2, 0.25) is 11.8 Å². The number of rotatable bonds is 12. The zero-order valence-electron chi connectivity index (χ0n) is 28.7. The highest BCUT2D eigenvalue weighted by molar-refractivity contribution is 5.98. The topological polar surface area (TPSA) is 91.0 Å². The number of nitrogens with zero attached hydrogens (tertiary/aromatic N) is 2. The van der Waals surface area contributed by atoms with Crippen molar-refractivity contribution in [1.29, 1.82) is 0 Å². The molecule has 250 valence electrons. The zero-order valence-corrected chi connectivity index (χ0v) is 28.7. The predicted octanol–water partition coefficient (Wildman–Crippen LogP) is 6.62. The van der Waals surface area contributed by atoms with E-state index in [4.69, 9.17) is 4.74 Å². The fourth-order valence-electron chi connectivity index (χ4n) is 6.03. The highest BCUT2D eigenvalue weighted by atomic mass is 16.5. The first-order valence-electron chi connectivity index (χ1n) is 16.7. The molecule has 0 radical (unpaired) electrons. The Bertz CT molecular complexity index is 1510. The van der Waals surface area contributed by atoms with Crippen LogP contribution in [-0.4, -0.2) is 73.0 Å². The van der Waals surface area contributed by atoms with E-state index in [1.54, 1.807) is 7.05 Å². The molecule has 3 aromatic carbocycles. The molecule has 0 bridgehead atoms. The van der Waals surface area contributed by atoms with Crippen molar-refractivity contribution >= 4 is 29.0 Å². The highest BCUT2D eigenvalue weighted by Gasteiger charge is 2.38. The number of hydrogen-bond acceptors (Lipinski definition) is 4. The van der Waals surface area contributed by atoms with Crippen molar-refractivity contribution in [2.45, 2.75) is 66.0 Å². The van der Waals surface area contributed by atoms with Crippen LogP contribution >= 0.6 is 0 Å². The summed E-state index contributed by atoms with van der Waals surface area (Å²) in [5.41, 5.74) is 5.45. The van der Waals surface area contributed by atoms with Gasteiger partial charge in [0.15, 0.2) is 0 Å². The Hall–Kier alpha value is -4.59. The summed E-state index contributed by atoms with van der Waals surface area (Å²) in [5, 5.41) is 5.70. The van der Waals surface area contributed by atoms with Gasteiger partial charge in [0, 0.05) is 19.6 Å². The second-order valence-corrected chi connectivity index (χ2v) is 13.3. The molecule has 0 saturated carbocycles. The minimum atomic E-state index is -0.669. The van der Waals surface area contributed by atoms with E-state index in [-0.39, 0.29) is 37.6 Å². The minimum absolute atomic E-state index is 0.0672. The van der Waals surface area contributed by atoms with Gasteiger partial charge in [-0.1, -0.05) is 100 Å². The van der Waals surface area contributed by atoms with Crippen LogP contribution in [0.1, 0.15) is 70.6 Å². The van der Waals surface area contributed by atoms with Gasteiger partial charge in [-0.15, -0.1) is 0 Å². The van der Waals surface area contributed by atoms with Crippen molar-refractivity contribution in [3.05, 3.63) is 102 Å². The van der Waals surface area contributed by atoms with Crippen molar-refractivity contribution < 1.29 is 19.1 Å². The van der Waals surface area contributed by atoms with E-state index in [9.17, 15) is 14.4 Å². The first-order valence-corrected chi connectivity index (χ1v) is 16.7. The van der Waals surface area contributed by atoms with Crippen molar-refractivity contribution in [2.75, 3.05) is 33.3 Å². The summed E-state index contributed by atoms with van der Waals surface area (Å²) in [6, 6.07) is 28.0. The molecule has 2 atom stereocenters. The fourth-order valence-corrected chi connectivity index (χ4v) is 6.03. The first kappa shape index (κ1) is 35.3. The molecule has 4 amide bonds. The quantitative estimate of drug-likeness (QED) is 0.172. The number of benzene rings is 3. The lowest BCUT2D eigenvalue weighted by Crippen LogP contribution is -2.57. The van der Waals surface area contributed by atoms with E-state index in [0.29, 0.717) is 12.3 Å². The van der Waals surface area contributed by atoms with E-state index in [1.807, 2.05) is 56.9 Å². The summed E-state index contributed by atoms with van der Waals surface area (Å²) in [5.74, 6) is 0.259. The van der Waals surface area contributed by atoms with Gasteiger partial charge in [-0.05, 0) is 71.6 Å². The molecule has 1 aliphatic heterocycles. The molecule has 4 rings (SSSR count). The maximum Gasteiger partial charge on any atom is 0.317 e. The number of amides is 4. The molecule has 0 spiro atoms. The lowest BCUT2D eigenvalue weighted by atomic mass is 9.85. The monoisotopic (exact) mass is 638 g/mol. The van der Waals surface area contributed by atoms with Gasteiger partial charge in [0.25, 0.3) is 0 Å². The summed E-state index contributed by atoms with van der Waals surface area (Å²) in [6.07, 6.45) is 2.82. The Balaban J connectivity index is 1.30. The van der Waals surface area contributed by atoms with Crippen LogP contribution in [0.3, 0.4) is 0 Å². The van der Waals surface area contributed by atoms with Gasteiger partial charge < -0.3 is 25.2 Å². The second kappa shape index (κ2) is 16.3. The van der Waals surface area contributed by atoms with E-state index in [0.717, 1.165) is 30.4 Å². The van der Waals surface area contributed by atoms with Crippen molar-refractivity contribution in [3.8, 4) is 5.75 Å². The number of hydrogen-bond donors (Lipinski definition) is 2. The second-order valence-electron chi connectivity index (χ2n) is 13.3. The van der Waals surface area contributed by atoms with Crippen LogP contribution in [0.15, 0.2) is 84.9 Å². The number of urea groups is 1. The lowest BCUT2D eigenvalue weighted by molar-refractivity contribution is -0.140. The highest BCUT2D eigenvalue weighted by Crippen LogP contribution is 2.35. The number of carbonyl (C=O) groups excluding carboxylic acids is 3. The van der Waals surface area contributed by atoms with Crippen molar-refractivity contribution in [1.82, 2.24) is 20.4 Å². The van der Waals surface area contributed by atoms with Gasteiger partial charge in [-0.2, -0.15) is 0 Å². The number of nitrogens with one attached hydrogen (secondary N) is 2. The molecular weight excluding hydrogens is 588 g/mol. The minimum Gasteiger partial charge on any atom is -0.492 e. The van der Waals surface area contributed by atoms with E-state index >= 15 is 0 Å². The molecule has 3 aromatic rings. The summed E-state index contributed by atoms with van der Waals surface area (Å²) in [7, 11) is 1.56. The average Bonchev–Trinajstić information content (AvgIpc) is 3.50. The van der Waals surface area contributed by atoms with E-state index < -0.39 is 17.5 Å². The Morgan fingerprint density at radius 3 is 2.06 bits per heavy atom. The Kier molecular flexibility index (Phi) is 12.2. The summed E-state index contributed by atoms with van der Waals surface area (Å²) < 4.78 is 5.93. The maximum absolute atomic E-state index is 13.3. The largest absolute Gasteiger partial charge is 0.492 e. The number of allylic oxidation sites excluding steroid dienone is 1. The molecule has 8 nitrogen and oxygen atoms in total. The van der Waals surface area contributed by atoms with Crippen molar-refractivity contribution in [3.63, 3.8) is 0 Å². The first-order chi connectivity index (χ1) is 22.5. The lowest BCUT2D eigenvalue weighted by Gasteiger charge is -2.35. The summed E-state index contributed by atoms with van der Waals surface area (Å²) >= 11 is 0. The average molecular weight is 639 g/mol. The third kappa shape index (κ3) is 9.47. The van der Waals surface area contributed by atoms with Crippen molar-refractivity contribution in [2.24, 2.45) is 5.41 Å². The number of carbonyl (C=O) groups is 3. The van der Waals surface area contributed by atoms with Crippen LogP contribution in [0, 0.1) is 5.41 Å². The van der Waals surface area contributed by atoms with Crippen LogP contribution in [0.25, 0.3) is 11.1 Å². The number of ether oxygens (including phenoxy) is 1. The van der Waals surface area contributed by atoms with Gasteiger partial charge in [0.1, 0.15) is 24.9 Å². The molecule has 1 saturated heterocycles. The van der Waals surface area contributed by atoms with Crippen LogP contribution in [-0.2, 0) is 9.59 Å². The molecule has 1 fully saturated rings. The van der Waals surface area contributed by atoms with Crippen LogP contribution < -0.4 is 15.4 Å². The van der Waals surface area contributed by atoms with Crippen LogP contribution in [0.4, 0.5) is 4.79 Å². The predicted molar refractivity (Wildman–Crippen MR) is 189 cm³/mol. The normalized spacial score (nSPS) is 15.8. The third-order valence-corrected chi connectivity index (χ3v) is 8.61. The Labute approximate surface area is 280 Å². The number of likely N-dealkylation sites (tertiary alicyclic amines) is 1. The molecule has 0 aliphatic carbocycles. The van der Waals surface area contributed by atoms with Crippen LogP contribution in [0.5, 0.6) is 5.75 Å². The summed E-state index contributed by atoms with van der Waals surface area (Å²) in [6.45, 7) is 11.1. The van der Waals surface area contributed by atoms with Gasteiger partial charge in [0.05, 0.1) is 6.54 Å². The zero-order chi connectivity index (χ0) is 34.0. The SMILES string of the molecule is CC/C(=C(\c1ccccc1)c1ccc(OCCNC(=O)N(C)CC(=O)NC(C(=O)N2CCCC2C)C(C)(C)C)cc1)c1ccccc1. The molecule has 1 heterocycles.